The summed E-state index contributed by atoms with van der Waals surface area (Å²) in [6.07, 6.45) is 3.53. The van der Waals surface area contributed by atoms with Crippen LogP contribution in [0.2, 0.25) is 0 Å². The number of carbonyl (C=O) groups excluding carboxylic acids is 1. The van der Waals surface area contributed by atoms with E-state index in [1.54, 1.807) is 0 Å². The van der Waals surface area contributed by atoms with Gasteiger partial charge < -0.3 is 4.90 Å². The maximum Gasteiger partial charge on any atom is 0.323 e. The highest BCUT2D eigenvalue weighted by Crippen LogP contribution is 2.30. The first-order valence-corrected chi connectivity index (χ1v) is 7.05. The molecule has 0 bridgehead atoms. The van der Waals surface area contributed by atoms with Gasteiger partial charge in [0.25, 0.3) is 0 Å². The van der Waals surface area contributed by atoms with E-state index in [1.807, 2.05) is 17.2 Å². The Morgan fingerprint density at radius 3 is 2.94 bits per heavy atom. The third-order valence-corrected chi connectivity index (χ3v) is 3.66. The van der Waals surface area contributed by atoms with Crippen molar-refractivity contribution in [1.29, 1.82) is 0 Å². The molecule has 2 amide bonds. The van der Waals surface area contributed by atoms with Gasteiger partial charge in [-0.2, -0.15) is 0 Å². The number of nitrogens with zero attached hydrogens (tertiary/aromatic N) is 2. The number of urea groups is 1. The van der Waals surface area contributed by atoms with Crippen molar-refractivity contribution in [3.63, 3.8) is 0 Å². The molecule has 1 N–H and O–H groups in total. The quantitative estimate of drug-likeness (QED) is 0.876. The lowest BCUT2D eigenvalue weighted by Crippen LogP contribution is -2.37. The van der Waals surface area contributed by atoms with Crippen molar-refractivity contribution in [2.75, 3.05) is 18.4 Å². The first-order chi connectivity index (χ1) is 8.19. The van der Waals surface area contributed by atoms with E-state index in [0.717, 1.165) is 31.1 Å². The number of aryl methyl sites for hydroxylation is 1. The third-order valence-electron chi connectivity index (χ3n) is 2.79. The number of hydrogen-bond donors (Lipinski definition) is 1. The monoisotopic (exact) mass is 253 g/mol. The standard InChI is InChI=1S/C12H19N3OS/c1-3-6-15(7-10-4-5-10)12(16)14-11-13-9(2)8-17-11/h8,10H,3-7H2,1-2H3,(H,13,14,16). The number of anilines is 1. The van der Waals surface area contributed by atoms with Gasteiger partial charge in [-0.05, 0) is 32.1 Å². The Bertz CT molecular complexity index is 387. The van der Waals surface area contributed by atoms with Crippen molar-refractivity contribution in [1.82, 2.24) is 9.88 Å². The normalized spacial score (nSPS) is 14.7. The highest BCUT2D eigenvalue weighted by atomic mass is 32.1. The van der Waals surface area contributed by atoms with Gasteiger partial charge in [-0.25, -0.2) is 9.78 Å². The Morgan fingerprint density at radius 2 is 2.41 bits per heavy atom. The van der Waals surface area contributed by atoms with Crippen LogP contribution in [-0.4, -0.2) is 29.0 Å². The highest BCUT2D eigenvalue weighted by Gasteiger charge is 2.26. The van der Waals surface area contributed by atoms with Gasteiger partial charge in [-0.1, -0.05) is 6.92 Å². The van der Waals surface area contributed by atoms with Crippen LogP contribution in [0.3, 0.4) is 0 Å². The van der Waals surface area contributed by atoms with Crippen molar-refractivity contribution in [3.05, 3.63) is 11.1 Å². The molecule has 17 heavy (non-hydrogen) atoms. The maximum absolute atomic E-state index is 12.1. The smallest absolute Gasteiger partial charge is 0.323 e. The van der Waals surface area contributed by atoms with Gasteiger partial charge in [0.1, 0.15) is 0 Å². The van der Waals surface area contributed by atoms with Crippen molar-refractivity contribution in [2.45, 2.75) is 33.1 Å². The lowest BCUT2D eigenvalue weighted by atomic mass is 10.3. The molecule has 1 aromatic heterocycles. The zero-order valence-electron chi connectivity index (χ0n) is 10.4. The van der Waals surface area contributed by atoms with E-state index in [9.17, 15) is 4.79 Å². The predicted octanol–water partition coefficient (Wildman–Crippen LogP) is 3.11. The van der Waals surface area contributed by atoms with Gasteiger partial charge in [0, 0.05) is 18.5 Å². The van der Waals surface area contributed by atoms with E-state index in [4.69, 9.17) is 0 Å². The molecule has 1 aliphatic rings. The molecule has 1 fully saturated rings. The van der Waals surface area contributed by atoms with Gasteiger partial charge in [0.05, 0.1) is 5.69 Å². The summed E-state index contributed by atoms with van der Waals surface area (Å²) in [7, 11) is 0. The molecule has 1 aliphatic carbocycles. The van der Waals surface area contributed by atoms with Crippen LogP contribution < -0.4 is 5.32 Å². The summed E-state index contributed by atoms with van der Waals surface area (Å²) in [5, 5.41) is 5.52. The number of amides is 2. The van der Waals surface area contributed by atoms with Gasteiger partial charge in [0.15, 0.2) is 5.13 Å². The molecule has 2 rings (SSSR count). The van der Waals surface area contributed by atoms with E-state index in [2.05, 4.69) is 17.2 Å². The molecule has 0 saturated heterocycles. The zero-order valence-corrected chi connectivity index (χ0v) is 11.2. The van der Waals surface area contributed by atoms with Gasteiger partial charge in [0.2, 0.25) is 0 Å². The van der Waals surface area contributed by atoms with E-state index in [0.29, 0.717) is 5.13 Å². The minimum atomic E-state index is -0.00639. The molecule has 1 saturated carbocycles. The second-order valence-corrected chi connectivity index (χ2v) is 5.47. The Morgan fingerprint density at radius 1 is 1.65 bits per heavy atom. The summed E-state index contributed by atoms with van der Waals surface area (Å²) in [5.74, 6) is 0.727. The molecule has 0 radical (unpaired) electrons. The molecule has 1 aromatic rings. The minimum Gasteiger partial charge on any atom is -0.324 e. The fourth-order valence-electron chi connectivity index (χ4n) is 1.74. The van der Waals surface area contributed by atoms with Crippen molar-refractivity contribution < 1.29 is 4.79 Å². The van der Waals surface area contributed by atoms with Crippen LogP contribution in [0, 0.1) is 12.8 Å². The molecule has 0 aliphatic heterocycles. The first kappa shape index (κ1) is 12.4. The van der Waals surface area contributed by atoms with Crippen molar-refractivity contribution in [3.8, 4) is 0 Å². The lowest BCUT2D eigenvalue weighted by molar-refractivity contribution is 0.209. The van der Waals surface area contributed by atoms with Gasteiger partial charge in [-0.15, -0.1) is 11.3 Å². The number of rotatable bonds is 5. The molecule has 4 nitrogen and oxygen atoms in total. The van der Waals surface area contributed by atoms with Crippen molar-refractivity contribution in [2.24, 2.45) is 5.92 Å². The van der Waals surface area contributed by atoms with Crippen LogP contribution in [0.15, 0.2) is 5.38 Å². The van der Waals surface area contributed by atoms with Crippen LogP contribution in [-0.2, 0) is 0 Å². The van der Waals surface area contributed by atoms with Gasteiger partial charge >= 0.3 is 6.03 Å². The van der Waals surface area contributed by atoms with Crippen LogP contribution >= 0.6 is 11.3 Å². The topological polar surface area (TPSA) is 45.2 Å². The number of hydrogen-bond acceptors (Lipinski definition) is 3. The third kappa shape index (κ3) is 3.70. The molecule has 0 spiro atoms. The summed E-state index contributed by atoms with van der Waals surface area (Å²) in [6.45, 7) is 5.75. The molecular weight excluding hydrogens is 234 g/mol. The molecule has 0 atom stereocenters. The molecule has 5 heteroatoms. The fraction of sp³-hybridized carbons (Fsp3) is 0.667. The second-order valence-electron chi connectivity index (χ2n) is 4.61. The van der Waals surface area contributed by atoms with Crippen LogP contribution in [0.4, 0.5) is 9.93 Å². The molecule has 94 valence electrons. The SMILES string of the molecule is CCCN(CC1CC1)C(=O)Nc1nc(C)cs1. The molecule has 0 aromatic carbocycles. The Kier molecular flexibility index (Phi) is 3.99. The Balaban J connectivity index is 1.90. The van der Waals surface area contributed by atoms with Crippen LogP contribution in [0.5, 0.6) is 0 Å². The molecular formula is C12H19N3OS. The summed E-state index contributed by atoms with van der Waals surface area (Å²) in [5.41, 5.74) is 0.953. The highest BCUT2D eigenvalue weighted by molar-refractivity contribution is 7.13. The second kappa shape index (κ2) is 5.49. The zero-order chi connectivity index (χ0) is 12.3. The number of thiazole rings is 1. The number of aromatic nitrogens is 1. The predicted molar refractivity (Wildman–Crippen MR) is 70.5 cm³/mol. The minimum absolute atomic E-state index is 0.00639. The van der Waals surface area contributed by atoms with E-state index < -0.39 is 0 Å². The lowest BCUT2D eigenvalue weighted by Gasteiger charge is -2.21. The van der Waals surface area contributed by atoms with E-state index >= 15 is 0 Å². The van der Waals surface area contributed by atoms with Crippen molar-refractivity contribution >= 4 is 22.5 Å². The van der Waals surface area contributed by atoms with Gasteiger partial charge in [-0.3, -0.25) is 5.32 Å². The van der Waals surface area contributed by atoms with Crippen LogP contribution in [0.25, 0.3) is 0 Å². The average molecular weight is 253 g/mol. The summed E-state index contributed by atoms with van der Waals surface area (Å²) < 4.78 is 0. The Labute approximate surface area is 106 Å². The largest absolute Gasteiger partial charge is 0.324 e. The van der Waals surface area contributed by atoms with Crippen LogP contribution in [0.1, 0.15) is 31.9 Å². The summed E-state index contributed by atoms with van der Waals surface area (Å²) in [4.78, 5) is 18.2. The number of nitrogens with one attached hydrogen (secondary N) is 1. The molecule has 1 heterocycles. The Hall–Kier alpha value is -1.10. The fourth-order valence-corrected chi connectivity index (χ4v) is 2.42. The number of carbonyl (C=O) groups is 1. The summed E-state index contributed by atoms with van der Waals surface area (Å²) >= 11 is 1.48. The van der Waals surface area contributed by atoms with E-state index in [-0.39, 0.29) is 6.03 Å². The van der Waals surface area contributed by atoms with E-state index in [1.165, 1.54) is 24.2 Å². The average Bonchev–Trinajstić information content (AvgIpc) is 3.01. The summed E-state index contributed by atoms with van der Waals surface area (Å²) in [6, 6.07) is -0.00639. The first-order valence-electron chi connectivity index (χ1n) is 6.17. The molecule has 0 unspecified atom stereocenters. The maximum atomic E-state index is 12.1.